The van der Waals surface area contributed by atoms with E-state index in [-0.39, 0.29) is 17.7 Å². The third-order valence-electron chi connectivity index (χ3n) is 5.66. The van der Waals surface area contributed by atoms with Crippen LogP contribution in [0.4, 0.5) is 0 Å². The number of carbonyl (C=O) groups is 1. The number of amides is 1. The Labute approximate surface area is 197 Å². The van der Waals surface area contributed by atoms with Gasteiger partial charge in [-0.1, -0.05) is 65.1 Å². The fraction of sp³-hybridized carbons (Fsp3) is 0.167. The van der Waals surface area contributed by atoms with E-state index in [9.17, 15) is 4.79 Å². The standard InChI is InChI=1S/C24H19N5O2S2/c1-15-8-10-16(11-9-15)17-13-19(20-6-4-12-31-20)29(27-17)22(30)14-32-23-25-26-24-28(23)18-5-2-3-7-21(18)33-24/h2-12,19H,13-14H2,1H3. The minimum absolute atomic E-state index is 0.0974. The van der Waals surface area contributed by atoms with E-state index >= 15 is 0 Å². The maximum atomic E-state index is 13.3. The van der Waals surface area contributed by atoms with Gasteiger partial charge in [-0.25, -0.2) is 5.01 Å². The average molecular weight is 474 g/mol. The molecular formula is C24H19N5O2S2. The van der Waals surface area contributed by atoms with Crippen molar-refractivity contribution in [1.82, 2.24) is 19.6 Å². The van der Waals surface area contributed by atoms with Gasteiger partial charge in [-0.2, -0.15) is 5.10 Å². The lowest BCUT2D eigenvalue weighted by Gasteiger charge is -2.19. The number of rotatable bonds is 5. The van der Waals surface area contributed by atoms with Crippen LogP contribution in [-0.4, -0.2) is 37.0 Å². The quantitative estimate of drug-likeness (QED) is 0.323. The molecular weight excluding hydrogens is 454 g/mol. The molecule has 1 amide bonds. The SMILES string of the molecule is Cc1ccc(C2=NN(C(=O)CSc3nnc4sc5ccccc5n34)C(c3ccco3)C2)cc1. The van der Waals surface area contributed by atoms with E-state index in [0.717, 1.165) is 32.2 Å². The molecule has 0 saturated heterocycles. The molecule has 0 bridgehead atoms. The van der Waals surface area contributed by atoms with Crippen molar-refractivity contribution in [2.75, 3.05) is 5.75 Å². The minimum Gasteiger partial charge on any atom is -0.467 e. The van der Waals surface area contributed by atoms with Gasteiger partial charge in [-0.05, 0) is 36.8 Å². The van der Waals surface area contributed by atoms with E-state index in [0.29, 0.717) is 11.6 Å². The fourth-order valence-electron chi connectivity index (χ4n) is 4.00. The van der Waals surface area contributed by atoms with Crippen molar-refractivity contribution >= 4 is 49.9 Å². The second-order valence-corrected chi connectivity index (χ2v) is 9.80. The zero-order valence-corrected chi connectivity index (χ0v) is 19.3. The predicted octanol–water partition coefficient (Wildman–Crippen LogP) is 5.32. The lowest BCUT2D eigenvalue weighted by Crippen LogP contribution is -2.28. The topological polar surface area (TPSA) is 76.0 Å². The number of carbonyl (C=O) groups excluding carboxylic acids is 1. The van der Waals surface area contributed by atoms with E-state index in [1.54, 1.807) is 22.6 Å². The van der Waals surface area contributed by atoms with Crippen LogP contribution >= 0.6 is 23.1 Å². The first-order chi connectivity index (χ1) is 16.2. The van der Waals surface area contributed by atoms with Crippen LogP contribution in [0.5, 0.6) is 0 Å². The Hall–Kier alpha value is -3.43. The van der Waals surface area contributed by atoms with E-state index in [4.69, 9.17) is 9.52 Å². The van der Waals surface area contributed by atoms with Crippen molar-refractivity contribution < 1.29 is 9.21 Å². The Balaban J connectivity index is 1.27. The molecule has 5 aromatic rings. The molecule has 7 nitrogen and oxygen atoms in total. The highest BCUT2D eigenvalue weighted by atomic mass is 32.2. The van der Waals surface area contributed by atoms with Crippen molar-refractivity contribution in [3.8, 4) is 0 Å². The van der Waals surface area contributed by atoms with Crippen LogP contribution in [0.15, 0.2) is 81.6 Å². The third-order valence-corrected chi connectivity index (χ3v) is 7.58. The molecule has 0 radical (unpaired) electrons. The van der Waals surface area contributed by atoms with Gasteiger partial charge < -0.3 is 4.42 Å². The first-order valence-corrected chi connectivity index (χ1v) is 12.3. The van der Waals surface area contributed by atoms with Crippen molar-refractivity contribution in [2.45, 2.75) is 24.5 Å². The number of aromatic nitrogens is 3. The number of nitrogens with zero attached hydrogens (tertiary/aromatic N) is 5. The Bertz CT molecular complexity index is 1480. The van der Waals surface area contributed by atoms with Crippen LogP contribution < -0.4 is 0 Å². The van der Waals surface area contributed by atoms with E-state index in [1.807, 2.05) is 46.9 Å². The number of hydrogen-bond donors (Lipinski definition) is 0. The van der Waals surface area contributed by atoms with Gasteiger partial charge in [-0.15, -0.1) is 10.2 Å². The Morgan fingerprint density at radius 3 is 2.79 bits per heavy atom. The molecule has 33 heavy (non-hydrogen) atoms. The molecule has 2 aromatic carbocycles. The number of hydrazone groups is 1. The highest BCUT2D eigenvalue weighted by Crippen LogP contribution is 2.35. The van der Waals surface area contributed by atoms with E-state index in [2.05, 4.69) is 35.3 Å². The molecule has 1 aliphatic heterocycles. The molecule has 1 unspecified atom stereocenters. The predicted molar refractivity (Wildman–Crippen MR) is 130 cm³/mol. The summed E-state index contributed by atoms with van der Waals surface area (Å²) in [6.45, 7) is 2.05. The third kappa shape index (κ3) is 3.63. The number of para-hydroxylation sites is 1. The first kappa shape index (κ1) is 20.2. The number of thioether (sulfide) groups is 1. The van der Waals surface area contributed by atoms with Gasteiger partial charge in [0, 0.05) is 6.42 Å². The Kier molecular flexibility index (Phi) is 5.00. The molecule has 164 valence electrons. The zero-order chi connectivity index (χ0) is 22.4. The summed E-state index contributed by atoms with van der Waals surface area (Å²) in [5.41, 5.74) is 4.13. The monoisotopic (exact) mass is 473 g/mol. The fourth-order valence-corrected chi connectivity index (χ4v) is 5.82. The summed E-state index contributed by atoms with van der Waals surface area (Å²) in [4.78, 5) is 14.1. The summed E-state index contributed by atoms with van der Waals surface area (Å²) in [7, 11) is 0. The second-order valence-electron chi connectivity index (χ2n) is 7.85. The van der Waals surface area contributed by atoms with Gasteiger partial charge in [0.15, 0.2) is 5.16 Å². The van der Waals surface area contributed by atoms with Crippen molar-refractivity contribution in [3.63, 3.8) is 0 Å². The smallest absolute Gasteiger partial charge is 0.253 e. The average Bonchev–Trinajstić information content (AvgIpc) is 3.61. The van der Waals surface area contributed by atoms with Gasteiger partial charge >= 0.3 is 0 Å². The highest BCUT2D eigenvalue weighted by molar-refractivity contribution is 7.99. The van der Waals surface area contributed by atoms with Crippen molar-refractivity contribution in [3.05, 3.63) is 83.8 Å². The molecule has 0 N–H and O–H groups in total. The molecule has 0 spiro atoms. The normalized spacial score (nSPS) is 16.1. The van der Waals surface area contributed by atoms with Crippen LogP contribution in [0.2, 0.25) is 0 Å². The van der Waals surface area contributed by atoms with E-state index in [1.165, 1.54) is 17.3 Å². The number of aryl methyl sites for hydroxylation is 1. The largest absolute Gasteiger partial charge is 0.467 e. The summed E-state index contributed by atoms with van der Waals surface area (Å²) in [5.74, 6) is 0.833. The molecule has 6 rings (SSSR count). The molecule has 0 aliphatic carbocycles. The summed E-state index contributed by atoms with van der Waals surface area (Å²) in [6, 6.07) is 19.8. The molecule has 3 aromatic heterocycles. The maximum Gasteiger partial charge on any atom is 0.253 e. The van der Waals surface area contributed by atoms with Crippen molar-refractivity contribution in [2.24, 2.45) is 5.10 Å². The van der Waals surface area contributed by atoms with Crippen LogP contribution in [-0.2, 0) is 4.79 Å². The van der Waals surface area contributed by atoms with Gasteiger partial charge in [0.1, 0.15) is 11.8 Å². The molecule has 9 heteroatoms. The minimum atomic E-state index is -0.259. The lowest BCUT2D eigenvalue weighted by molar-refractivity contribution is -0.130. The number of thiazole rings is 1. The molecule has 4 heterocycles. The molecule has 0 fully saturated rings. The molecule has 1 atom stereocenters. The van der Waals surface area contributed by atoms with Crippen LogP contribution in [0.1, 0.15) is 29.3 Å². The van der Waals surface area contributed by atoms with Crippen LogP contribution in [0, 0.1) is 6.92 Å². The summed E-state index contributed by atoms with van der Waals surface area (Å²) < 4.78 is 8.79. The molecule has 1 aliphatic rings. The maximum absolute atomic E-state index is 13.3. The van der Waals surface area contributed by atoms with E-state index < -0.39 is 0 Å². The first-order valence-electron chi connectivity index (χ1n) is 10.5. The summed E-state index contributed by atoms with van der Waals surface area (Å²) >= 11 is 2.96. The van der Waals surface area contributed by atoms with Crippen LogP contribution in [0.25, 0.3) is 15.2 Å². The number of hydrogen-bond acceptors (Lipinski definition) is 7. The van der Waals surface area contributed by atoms with Gasteiger partial charge in [0.25, 0.3) is 5.91 Å². The van der Waals surface area contributed by atoms with Crippen LogP contribution in [0.3, 0.4) is 0 Å². The van der Waals surface area contributed by atoms with Gasteiger partial charge in [-0.3, -0.25) is 9.20 Å². The highest BCUT2D eigenvalue weighted by Gasteiger charge is 2.35. The number of furan rings is 1. The number of benzene rings is 2. The van der Waals surface area contributed by atoms with Gasteiger partial charge in [0.2, 0.25) is 4.96 Å². The Morgan fingerprint density at radius 2 is 1.97 bits per heavy atom. The summed E-state index contributed by atoms with van der Waals surface area (Å²) in [6.07, 6.45) is 2.24. The summed E-state index contributed by atoms with van der Waals surface area (Å²) in [5, 5.41) is 15.6. The lowest BCUT2D eigenvalue weighted by atomic mass is 10.0. The van der Waals surface area contributed by atoms with Gasteiger partial charge in [0.05, 0.1) is 27.9 Å². The molecule has 0 saturated carbocycles. The Morgan fingerprint density at radius 1 is 1.12 bits per heavy atom. The number of fused-ring (bicyclic) bond motifs is 3. The second kappa shape index (κ2) is 8.17. The zero-order valence-electron chi connectivity index (χ0n) is 17.7. The van der Waals surface area contributed by atoms with Crippen molar-refractivity contribution in [1.29, 1.82) is 0 Å².